The average molecular weight is 296 g/mol. The number of aromatic nitrogens is 3. The fourth-order valence-electron chi connectivity index (χ4n) is 1.33. The van der Waals surface area contributed by atoms with Crippen molar-refractivity contribution < 1.29 is 4.74 Å². The summed E-state index contributed by atoms with van der Waals surface area (Å²) in [5.74, 6) is 1.27. The number of nitrogen functional groups attached to an aromatic ring is 2. The molecule has 0 fully saturated rings. The smallest absolute Gasteiger partial charge is 0.225 e. The van der Waals surface area contributed by atoms with Gasteiger partial charge < -0.3 is 16.2 Å². The van der Waals surface area contributed by atoms with Crippen LogP contribution in [0.4, 0.5) is 11.9 Å². The van der Waals surface area contributed by atoms with Gasteiger partial charge in [0, 0.05) is 10.0 Å². The summed E-state index contributed by atoms with van der Waals surface area (Å²) in [7, 11) is 1.59. The summed E-state index contributed by atoms with van der Waals surface area (Å²) in [6.07, 6.45) is 0. The third-order valence-electron chi connectivity index (χ3n) is 2.08. The van der Waals surface area contributed by atoms with Crippen LogP contribution in [0.5, 0.6) is 5.75 Å². The second-order valence-electron chi connectivity index (χ2n) is 3.22. The molecule has 88 valence electrons. The Morgan fingerprint density at radius 2 is 1.76 bits per heavy atom. The van der Waals surface area contributed by atoms with E-state index >= 15 is 0 Å². The molecule has 0 aliphatic heterocycles. The Labute approximate surface area is 106 Å². The van der Waals surface area contributed by atoms with Crippen molar-refractivity contribution in [2.45, 2.75) is 0 Å². The molecule has 0 aliphatic carbocycles. The lowest BCUT2D eigenvalue weighted by molar-refractivity contribution is 0.415. The highest BCUT2D eigenvalue weighted by atomic mass is 79.9. The molecule has 0 amide bonds. The lowest BCUT2D eigenvalue weighted by atomic mass is 10.2. The number of hydrogen-bond acceptors (Lipinski definition) is 6. The van der Waals surface area contributed by atoms with E-state index in [1.807, 2.05) is 12.1 Å². The van der Waals surface area contributed by atoms with E-state index in [9.17, 15) is 0 Å². The monoisotopic (exact) mass is 295 g/mol. The topological polar surface area (TPSA) is 99.9 Å². The fourth-order valence-corrected chi connectivity index (χ4v) is 1.76. The van der Waals surface area contributed by atoms with Crippen molar-refractivity contribution in [1.29, 1.82) is 0 Å². The van der Waals surface area contributed by atoms with Crippen LogP contribution in [0.2, 0.25) is 0 Å². The minimum absolute atomic E-state index is 0.0854. The van der Waals surface area contributed by atoms with E-state index in [0.29, 0.717) is 11.6 Å². The summed E-state index contributed by atoms with van der Waals surface area (Å²) in [5.41, 5.74) is 11.8. The Balaban J connectivity index is 2.58. The summed E-state index contributed by atoms with van der Waals surface area (Å²) in [6.45, 7) is 0. The first-order chi connectivity index (χ1) is 8.10. The van der Waals surface area contributed by atoms with E-state index in [2.05, 4.69) is 30.9 Å². The van der Waals surface area contributed by atoms with Crippen molar-refractivity contribution in [2.75, 3.05) is 18.6 Å². The molecule has 0 aliphatic rings. The third kappa shape index (κ3) is 2.44. The van der Waals surface area contributed by atoms with E-state index in [1.54, 1.807) is 13.2 Å². The highest BCUT2D eigenvalue weighted by molar-refractivity contribution is 9.10. The molecule has 2 rings (SSSR count). The van der Waals surface area contributed by atoms with Gasteiger partial charge in [-0.1, -0.05) is 15.9 Å². The maximum absolute atomic E-state index is 5.53. The van der Waals surface area contributed by atoms with Crippen molar-refractivity contribution in [3.8, 4) is 17.1 Å². The first-order valence-electron chi connectivity index (χ1n) is 4.71. The molecule has 0 bridgehead atoms. The zero-order valence-electron chi connectivity index (χ0n) is 9.01. The molecule has 1 aromatic carbocycles. The molecule has 17 heavy (non-hydrogen) atoms. The summed E-state index contributed by atoms with van der Waals surface area (Å²) in [6, 6.07) is 5.45. The molecule has 6 nitrogen and oxygen atoms in total. The van der Waals surface area contributed by atoms with Gasteiger partial charge in [0.15, 0.2) is 5.82 Å². The Morgan fingerprint density at radius 1 is 1.12 bits per heavy atom. The minimum Gasteiger partial charge on any atom is -0.497 e. The second kappa shape index (κ2) is 4.54. The van der Waals surface area contributed by atoms with Crippen molar-refractivity contribution in [3.63, 3.8) is 0 Å². The number of anilines is 2. The molecule has 0 atom stereocenters. The highest BCUT2D eigenvalue weighted by Gasteiger charge is 2.10. The van der Waals surface area contributed by atoms with Crippen molar-refractivity contribution in [3.05, 3.63) is 22.7 Å². The van der Waals surface area contributed by atoms with Gasteiger partial charge in [-0.05, 0) is 18.2 Å². The largest absolute Gasteiger partial charge is 0.497 e. The SMILES string of the molecule is COc1ccc(Br)c(-c2nc(N)nc(N)n2)c1. The Bertz CT molecular complexity index is 540. The number of rotatable bonds is 2. The molecule has 0 radical (unpaired) electrons. The summed E-state index contributed by atoms with van der Waals surface area (Å²) in [5, 5.41) is 0. The fraction of sp³-hybridized carbons (Fsp3) is 0.100. The molecule has 0 spiro atoms. The second-order valence-corrected chi connectivity index (χ2v) is 4.08. The van der Waals surface area contributed by atoms with Crippen LogP contribution < -0.4 is 16.2 Å². The molecule has 1 heterocycles. The molecule has 7 heteroatoms. The summed E-state index contributed by atoms with van der Waals surface area (Å²) < 4.78 is 5.96. The molecular formula is C10H10BrN5O. The summed E-state index contributed by atoms with van der Waals surface area (Å²) >= 11 is 3.41. The first-order valence-corrected chi connectivity index (χ1v) is 5.50. The predicted octanol–water partition coefficient (Wildman–Crippen LogP) is 1.47. The van der Waals surface area contributed by atoms with Gasteiger partial charge in [0.25, 0.3) is 0 Å². The molecule has 1 aromatic heterocycles. The van der Waals surface area contributed by atoms with Crippen molar-refractivity contribution in [2.24, 2.45) is 0 Å². The van der Waals surface area contributed by atoms with Crippen LogP contribution in [0.1, 0.15) is 0 Å². The average Bonchev–Trinajstić information content (AvgIpc) is 2.28. The molecule has 2 aromatic rings. The van der Waals surface area contributed by atoms with Crippen LogP contribution in [0.15, 0.2) is 22.7 Å². The van der Waals surface area contributed by atoms with Crippen LogP contribution in [0.25, 0.3) is 11.4 Å². The molecule has 0 saturated carbocycles. The van der Waals surface area contributed by atoms with Gasteiger partial charge in [-0.3, -0.25) is 0 Å². The van der Waals surface area contributed by atoms with E-state index in [-0.39, 0.29) is 11.9 Å². The van der Waals surface area contributed by atoms with Gasteiger partial charge in [-0.15, -0.1) is 0 Å². The minimum atomic E-state index is 0.0854. The quantitative estimate of drug-likeness (QED) is 0.870. The highest BCUT2D eigenvalue weighted by Crippen LogP contribution is 2.29. The number of ether oxygens (including phenoxy) is 1. The number of nitrogens with zero attached hydrogens (tertiary/aromatic N) is 3. The predicted molar refractivity (Wildman–Crippen MR) is 68.3 cm³/mol. The first kappa shape index (κ1) is 11.6. The lowest BCUT2D eigenvalue weighted by Crippen LogP contribution is -2.04. The van der Waals surface area contributed by atoms with Crippen molar-refractivity contribution in [1.82, 2.24) is 15.0 Å². The van der Waals surface area contributed by atoms with Gasteiger partial charge in [0.1, 0.15) is 5.75 Å². The van der Waals surface area contributed by atoms with Crippen LogP contribution in [-0.4, -0.2) is 22.1 Å². The van der Waals surface area contributed by atoms with Gasteiger partial charge in [-0.2, -0.15) is 15.0 Å². The Morgan fingerprint density at radius 3 is 2.35 bits per heavy atom. The Kier molecular flexibility index (Phi) is 3.10. The normalized spacial score (nSPS) is 10.2. The van der Waals surface area contributed by atoms with Crippen molar-refractivity contribution >= 4 is 27.8 Å². The maximum atomic E-state index is 5.53. The van der Waals surface area contributed by atoms with Gasteiger partial charge >= 0.3 is 0 Å². The summed E-state index contributed by atoms with van der Waals surface area (Å²) in [4.78, 5) is 11.8. The third-order valence-corrected chi connectivity index (χ3v) is 2.78. The van der Waals surface area contributed by atoms with Gasteiger partial charge in [0.2, 0.25) is 11.9 Å². The van der Waals surface area contributed by atoms with Crippen LogP contribution in [0.3, 0.4) is 0 Å². The van der Waals surface area contributed by atoms with Crippen LogP contribution >= 0.6 is 15.9 Å². The number of methoxy groups -OCH3 is 1. The number of halogens is 1. The standard InChI is InChI=1S/C10H10BrN5O/c1-17-5-2-3-7(11)6(4-5)8-14-9(12)16-10(13)15-8/h2-4H,1H3,(H4,12,13,14,15,16). The van der Waals surface area contributed by atoms with Crippen LogP contribution in [0, 0.1) is 0 Å². The lowest BCUT2D eigenvalue weighted by Gasteiger charge is -2.06. The van der Waals surface area contributed by atoms with E-state index in [4.69, 9.17) is 16.2 Å². The number of hydrogen-bond donors (Lipinski definition) is 2. The number of nitrogens with two attached hydrogens (primary N) is 2. The molecule has 4 N–H and O–H groups in total. The molecular weight excluding hydrogens is 286 g/mol. The van der Waals surface area contributed by atoms with Gasteiger partial charge in [0.05, 0.1) is 7.11 Å². The Hall–Kier alpha value is -1.89. The number of benzene rings is 1. The molecule has 0 saturated heterocycles. The molecule has 0 unspecified atom stereocenters. The zero-order chi connectivity index (χ0) is 12.4. The maximum Gasteiger partial charge on any atom is 0.225 e. The van der Waals surface area contributed by atoms with E-state index in [0.717, 1.165) is 10.0 Å². The van der Waals surface area contributed by atoms with Crippen LogP contribution in [-0.2, 0) is 0 Å². The van der Waals surface area contributed by atoms with E-state index < -0.39 is 0 Å². The van der Waals surface area contributed by atoms with Gasteiger partial charge in [-0.25, -0.2) is 0 Å². The van der Waals surface area contributed by atoms with E-state index in [1.165, 1.54) is 0 Å². The zero-order valence-corrected chi connectivity index (χ0v) is 10.6.